The van der Waals surface area contributed by atoms with Crippen LogP contribution in [0.25, 0.3) is 0 Å². The quantitative estimate of drug-likeness (QED) is 0.434. The van der Waals surface area contributed by atoms with Crippen molar-refractivity contribution in [2.45, 2.75) is 5.92 Å². The minimum Gasteiger partial charge on any atom is -0.468 e. The first-order chi connectivity index (χ1) is 7.33. The Hall–Kier alpha value is -2.10. The van der Waals surface area contributed by atoms with Gasteiger partial charge in [-0.3, -0.25) is 4.79 Å². The third kappa shape index (κ3) is 1.74. The van der Waals surface area contributed by atoms with Gasteiger partial charge in [-0.25, -0.2) is 0 Å². The van der Waals surface area contributed by atoms with Gasteiger partial charge in [0.25, 0.3) is 0 Å². The average Bonchev–Trinajstić information content (AvgIpc) is 2.91. The molecule has 0 aromatic carbocycles. The number of Topliss-reactive ketones (excluding diaryl/α,β-unsaturated/α-hetero) is 1. The summed E-state index contributed by atoms with van der Waals surface area (Å²) in [5.74, 6) is -0.842. The van der Waals surface area contributed by atoms with E-state index in [-0.39, 0.29) is 5.76 Å². The van der Waals surface area contributed by atoms with Gasteiger partial charge in [0.2, 0.25) is 5.78 Å². The molecule has 0 amide bonds. The van der Waals surface area contributed by atoms with Gasteiger partial charge in [0.1, 0.15) is 18.0 Å². The van der Waals surface area contributed by atoms with Gasteiger partial charge in [-0.05, 0) is 24.3 Å². The highest BCUT2D eigenvalue weighted by atomic mass is 16.3. The number of hydrogen-bond donors (Lipinski definition) is 0. The molecule has 0 N–H and O–H groups in total. The number of furan rings is 2. The number of ketones is 1. The minimum atomic E-state index is -0.925. The molecular formula is C11H8O4. The molecule has 15 heavy (non-hydrogen) atoms. The summed E-state index contributed by atoms with van der Waals surface area (Å²) in [5, 5.41) is 0. The van der Waals surface area contributed by atoms with Crippen LogP contribution in [0.4, 0.5) is 0 Å². The summed E-state index contributed by atoms with van der Waals surface area (Å²) in [6.07, 6.45) is 3.35. The van der Waals surface area contributed by atoms with Crippen molar-refractivity contribution in [1.82, 2.24) is 0 Å². The van der Waals surface area contributed by atoms with Crippen molar-refractivity contribution in [3.05, 3.63) is 48.3 Å². The Labute approximate surface area is 85.5 Å². The van der Waals surface area contributed by atoms with Crippen LogP contribution in [0.5, 0.6) is 0 Å². The highest BCUT2D eigenvalue weighted by Crippen LogP contribution is 2.19. The lowest BCUT2D eigenvalue weighted by atomic mass is 10.0. The molecule has 2 rings (SSSR count). The van der Waals surface area contributed by atoms with Gasteiger partial charge < -0.3 is 13.6 Å². The lowest BCUT2D eigenvalue weighted by molar-refractivity contribution is -0.108. The summed E-state index contributed by atoms with van der Waals surface area (Å²) in [7, 11) is 0. The van der Waals surface area contributed by atoms with Crippen molar-refractivity contribution in [2.75, 3.05) is 0 Å². The standard InChI is InChI=1S/C11H8O4/c12-7-8(9-3-1-5-14-9)11(13)10-4-2-6-15-10/h1-8H. The second kappa shape index (κ2) is 3.96. The van der Waals surface area contributed by atoms with Gasteiger partial charge >= 0.3 is 0 Å². The van der Waals surface area contributed by atoms with E-state index in [9.17, 15) is 9.59 Å². The predicted octanol–water partition coefficient (Wildman–Crippen LogP) is 2.04. The first-order valence-corrected chi connectivity index (χ1v) is 4.39. The molecule has 1 atom stereocenters. The molecule has 2 heterocycles. The van der Waals surface area contributed by atoms with Gasteiger partial charge in [0, 0.05) is 0 Å². The van der Waals surface area contributed by atoms with Crippen molar-refractivity contribution < 1.29 is 18.4 Å². The van der Waals surface area contributed by atoms with Crippen LogP contribution in [0.1, 0.15) is 22.2 Å². The molecule has 2 aromatic heterocycles. The smallest absolute Gasteiger partial charge is 0.215 e. The predicted molar refractivity (Wildman–Crippen MR) is 50.6 cm³/mol. The fourth-order valence-corrected chi connectivity index (χ4v) is 1.30. The molecule has 1 unspecified atom stereocenters. The van der Waals surface area contributed by atoms with Crippen LogP contribution in [-0.2, 0) is 4.79 Å². The second-order valence-corrected chi connectivity index (χ2v) is 2.97. The molecule has 0 saturated carbocycles. The van der Waals surface area contributed by atoms with Gasteiger partial charge in [-0.2, -0.15) is 0 Å². The topological polar surface area (TPSA) is 60.4 Å². The Bertz CT molecular complexity index is 439. The number of hydrogen-bond acceptors (Lipinski definition) is 4. The summed E-state index contributed by atoms with van der Waals surface area (Å²) in [5.41, 5.74) is 0. The zero-order chi connectivity index (χ0) is 10.7. The molecule has 0 aliphatic rings. The van der Waals surface area contributed by atoms with E-state index in [4.69, 9.17) is 8.83 Å². The maximum absolute atomic E-state index is 11.8. The molecule has 0 radical (unpaired) electrons. The third-order valence-electron chi connectivity index (χ3n) is 2.03. The largest absolute Gasteiger partial charge is 0.468 e. The highest BCUT2D eigenvalue weighted by molar-refractivity contribution is 6.07. The lowest BCUT2D eigenvalue weighted by Gasteiger charge is -2.02. The van der Waals surface area contributed by atoms with Crippen LogP contribution in [0.2, 0.25) is 0 Å². The maximum atomic E-state index is 11.8. The van der Waals surface area contributed by atoms with Gasteiger partial charge in [-0.15, -0.1) is 0 Å². The van der Waals surface area contributed by atoms with E-state index in [2.05, 4.69) is 0 Å². The molecule has 2 aromatic rings. The molecule has 0 aliphatic carbocycles. The molecule has 4 nitrogen and oxygen atoms in total. The molecule has 4 heteroatoms. The first kappa shape index (κ1) is 9.45. The fourth-order valence-electron chi connectivity index (χ4n) is 1.30. The molecule has 0 fully saturated rings. The molecule has 0 saturated heterocycles. The molecule has 0 spiro atoms. The van der Waals surface area contributed by atoms with E-state index in [1.165, 1.54) is 18.6 Å². The summed E-state index contributed by atoms with van der Waals surface area (Å²) in [4.78, 5) is 22.6. The third-order valence-corrected chi connectivity index (χ3v) is 2.03. The van der Waals surface area contributed by atoms with Crippen LogP contribution in [-0.4, -0.2) is 12.1 Å². The van der Waals surface area contributed by atoms with Gasteiger partial charge in [0.05, 0.1) is 12.5 Å². The van der Waals surface area contributed by atoms with Crippen LogP contribution in [0.3, 0.4) is 0 Å². The van der Waals surface area contributed by atoms with E-state index in [0.29, 0.717) is 12.0 Å². The molecule has 0 aliphatic heterocycles. The summed E-state index contributed by atoms with van der Waals surface area (Å²) in [6, 6.07) is 6.32. The monoisotopic (exact) mass is 204 g/mol. The lowest BCUT2D eigenvalue weighted by Crippen LogP contribution is -2.12. The van der Waals surface area contributed by atoms with E-state index < -0.39 is 11.7 Å². The summed E-state index contributed by atoms with van der Waals surface area (Å²) in [6.45, 7) is 0. The van der Waals surface area contributed by atoms with Crippen LogP contribution >= 0.6 is 0 Å². The summed E-state index contributed by atoms with van der Waals surface area (Å²) >= 11 is 0. The Morgan fingerprint density at radius 1 is 1.20 bits per heavy atom. The molecule has 76 valence electrons. The van der Waals surface area contributed by atoms with E-state index >= 15 is 0 Å². The minimum absolute atomic E-state index is 0.156. The zero-order valence-corrected chi connectivity index (χ0v) is 7.75. The van der Waals surface area contributed by atoms with Crippen LogP contribution in [0.15, 0.2) is 45.6 Å². The summed E-state index contributed by atoms with van der Waals surface area (Å²) < 4.78 is 9.94. The Morgan fingerprint density at radius 3 is 2.47 bits per heavy atom. The average molecular weight is 204 g/mol. The maximum Gasteiger partial charge on any atom is 0.215 e. The Kier molecular flexibility index (Phi) is 2.49. The van der Waals surface area contributed by atoms with Crippen molar-refractivity contribution in [2.24, 2.45) is 0 Å². The second-order valence-electron chi connectivity index (χ2n) is 2.97. The molecular weight excluding hydrogens is 196 g/mol. The van der Waals surface area contributed by atoms with Crippen LogP contribution in [0, 0.1) is 0 Å². The van der Waals surface area contributed by atoms with Crippen LogP contribution < -0.4 is 0 Å². The SMILES string of the molecule is O=CC(C(=O)c1ccco1)c1ccco1. The first-order valence-electron chi connectivity index (χ1n) is 4.39. The number of aldehydes is 1. The number of rotatable bonds is 4. The Morgan fingerprint density at radius 2 is 1.93 bits per heavy atom. The normalized spacial score (nSPS) is 12.3. The number of carbonyl (C=O) groups excluding carboxylic acids is 2. The van der Waals surface area contributed by atoms with E-state index in [1.54, 1.807) is 18.2 Å². The van der Waals surface area contributed by atoms with E-state index in [1.807, 2.05) is 0 Å². The number of carbonyl (C=O) groups is 2. The Balaban J connectivity index is 2.29. The van der Waals surface area contributed by atoms with Gasteiger partial charge in [0.15, 0.2) is 5.76 Å². The van der Waals surface area contributed by atoms with Gasteiger partial charge in [-0.1, -0.05) is 0 Å². The van der Waals surface area contributed by atoms with Crippen molar-refractivity contribution in [3.63, 3.8) is 0 Å². The van der Waals surface area contributed by atoms with E-state index in [0.717, 1.165) is 0 Å². The highest BCUT2D eigenvalue weighted by Gasteiger charge is 2.25. The van der Waals surface area contributed by atoms with Crippen molar-refractivity contribution >= 4 is 12.1 Å². The van der Waals surface area contributed by atoms with Crippen molar-refractivity contribution in [1.29, 1.82) is 0 Å². The molecule has 0 bridgehead atoms. The zero-order valence-electron chi connectivity index (χ0n) is 7.75. The fraction of sp³-hybridized carbons (Fsp3) is 0.0909. The van der Waals surface area contributed by atoms with Crippen molar-refractivity contribution in [3.8, 4) is 0 Å².